The van der Waals surface area contributed by atoms with E-state index >= 15 is 0 Å². The van der Waals surface area contributed by atoms with E-state index in [9.17, 15) is 0 Å². The summed E-state index contributed by atoms with van der Waals surface area (Å²) in [5, 5.41) is 12.5. The lowest BCUT2D eigenvalue weighted by Gasteiger charge is -2.23. The molecule has 1 aromatic rings. The van der Waals surface area contributed by atoms with Crippen LogP contribution in [0.4, 0.5) is 0 Å². The van der Waals surface area contributed by atoms with Crippen LogP contribution in [0.5, 0.6) is 11.5 Å². The van der Waals surface area contributed by atoms with Crippen molar-refractivity contribution in [3.05, 3.63) is 23.8 Å². The molecule has 4 heteroatoms. The first-order valence-electron chi connectivity index (χ1n) is 7.94. The molecule has 3 atom stereocenters. The highest BCUT2D eigenvalue weighted by molar-refractivity contribution is 5.43. The highest BCUT2D eigenvalue weighted by atomic mass is 16.5. The van der Waals surface area contributed by atoms with Crippen LogP contribution in [-0.4, -0.2) is 31.5 Å². The van der Waals surface area contributed by atoms with Gasteiger partial charge in [-0.05, 0) is 48.8 Å². The molecule has 2 saturated carbocycles. The maximum absolute atomic E-state index is 8.83. The van der Waals surface area contributed by atoms with Crippen molar-refractivity contribution >= 4 is 0 Å². The van der Waals surface area contributed by atoms with Crippen molar-refractivity contribution in [3.63, 3.8) is 0 Å². The molecule has 4 nitrogen and oxygen atoms in total. The number of methoxy groups -OCH3 is 1. The molecule has 0 aromatic heterocycles. The average molecular weight is 291 g/mol. The van der Waals surface area contributed by atoms with Crippen molar-refractivity contribution in [2.24, 2.45) is 11.8 Å². The summed E-state index contributed by atoms with van der Waals surface area (Å²) in [7, 11) is 1.65. The third-order valence-electron chi connectivity index (χ3n) is 4.88. The van der Waals surface area contributed by atoms with Crippen LogP contribution in [0.15, 0.2) is 18.2 Å². The van der Waals surface area contributed by atoms with E-state index in [0.29, 0.717) is 18.4 Å². The van der Waals surface area contributed by atoms with Crippen LogP contribution >= 0.6 is 0 Å². The first kappa shape index (κ1) is 14.7. The topological polar surface area (TPSA) is 50.7 Å². The van der Waals surface area contributed by atoms with Gasteiger partial charge in [0.1, 0.15) is 6.61 Å². The number of fused-ring (bicyclic) bond motifs is 2. The molecule has 2 bridgehead atoms. The fourth-order valence-electron chi connectivity index (χ4n) is 3.84. The lowest BCUT2D eigenvalue weighted by Crippen LogP contribution is -2.33. The number of aliphatic hydroxyl groups is 1. The second-order valence-corrected chi connectivity index (χ2v) is 6.22. The molecule has 3 rings (SSSR count). The summed E-state index contributed by atoms with van der Waals surface area (Å²) in [5.74, 6) is 3.28. The highest BCUT2D eigenvalue weighted by Crippen LogP contribution is 2.44. The average Bonchev–Trinajstić information content (AvgIpc) is 3.14. The molecule has 2 fully saturated rings. The number of hydrogen-bond donors (Lipinski definition) is 2. The van der Waals surface area contributed by atoms with E-state index in [1.165, 1.54) is 31.2 Å². The molecule has 0 radical (unpaired) electrons. The summed E-state index contributed by atoms with van der Waals surface area (Å²) in [6, 6.07) is 6.70. The van der Waals surface area contributed by atoms with Gasteiger partial charge in [0.15, 0.2) is 11.5 Å². The van der Waals surface area contributed by atoms with E-state index in [2.05, 4.69) is 11.4 Å². The van der Waals surface area contributed by atoms with E-state index in [0.717, 1.165) is 24.1 Å². The van der Waals surface area contributed by atoms with E-state index < -0.39 is 0 Å². The Labute approximate surface area is 126 Å². The molecular formula is C17H25NO3. The number of hydrogen-bond acceptors (Lipinski definition) is 4. The quantitative estimate of drug-likeness (QED) is 0.809. The van der Waals surface area contributed by atoms with Crippen LogP contribution in [0.25, 0.3) is 0 Å². The van der Waals surface area contributed by atoms with E-state index in [1.54, 1.807) is 7.11 Å². The molecule has 116 valence electrons. The summed E-state index contributed by atoms with van der Waals surface area (Å²) in [5.41, 5.74) is 1.21. The highest BCUT2D eigenvalue weighted by Gasteiger charge is 2.38. The standard InChI is InChI=1S/C17H25NO3/c1-20-17-10-13(3-5-16(17)21-7-6-19)11-18-15-9-12-2-4-14(15)8-12/h3,5,10,12,14-15,18-19H,2,4,6-9,11H2,1H3. The van der Waals surface area contributed by atoms with Gasteiger partial charge in [-0.1, -0.05) is 12.5 Å². The maximum Gasteiger partial charge on any atom is 0.161 e. The molecule has 2 N–H and O–H groups in total. The van der Waals surface area contributed by atoms with Crippen molar-refractivity contribution in [3.8, 4) is 11.5 Å². The van der Waals surface area contributed by atoms with Gasteiger partial charge in [0.2, 0.25) is 0 Å². The first-order chi connectivity index (χ1) is 10.3. The van der Waals surface area contributed by atoms with Gasteiger partial charge < -0.3 is 19.9 Å². The molecule has 0 spiro atoms. The molecule has 0 saturated heterocycles. The fraction of sp³-hybridized carbons (Fsp3) is 0.647. The Hall–Kier alpha value is -1.26. The zero-order chi connectivity index (χ0) is 14.7. The summed E-state index contributed by atoms with van der Waals surface area (Å²) in [6.07, 6.45) is 5.61. The molecule has 0 heterocycles. The predicted molar refractivity (Wildman–Crippen MR) is 81.7 cm³/mol. The molecular weight excluding hydrogens is 266 g/mol. The fourth-order valence-corrected chi connectivity index (χ4v) is 3.84. The van der Waals surface area contributed by atoms with Crippen molar-refractivity contribution in [1.82, 2.24) is 5.32 Å². The van der Waals surface area contributed by atoms with Crippen LogP contribution in [0.3, 0.4) is 0 Å². The molecule has 0 amide bonds. The van der Waals surface area contributed by atoms with Gasteiger partial charge in [-0.2, -0.15) is 0 Å². The van der Waals surface area contributed by atoms with Crippen molar-refractivity contribution in [2.75, 3.05) is 20.3 Å². The number of nitrogens with one attached hydrogen (secondary N) is 1. The SMILES string of the molecule is COc1cc(CNC2CC3CCC2C3)ccc1OCCO. The molecule has 1 aromatic carbocycles. The Morgan fingerprint density at radius 3 is 2.81 bits per heavy atom. The van der Waals surface area contributed by atoms with Crippen LogP contribution in [0, 0.1) is 11.8 Å². The Balaban J connectivity index is 1.58. The number of benzene rings is 1. The lowest BCUT2D eigenvalue weighted by atomic mass is 9.95. The predicted octanol–water partition coefficient (Wildman–Crippen LogP) is 2.34. The zero-order valence-corrected chi connectivity index (χ0v) is 12.7. The third kappa shape index (κ3) is 3.33. The number of rotatable bonds is 7. The van der Waals surface area contributed by atoms with Gasteiger partial charge in [-0.15, -0.1) is 0 Å². The minimum absolute atomic E-state index is 0.0106. The minimum Gasteiger partial charge on any atom is -0.493 e. The van der Waals surface area contributed by atoms with Gasteiger partial charge in [0, 0.05) is 12.6 Å². The van der Waals surface area contributed by atoms with Gasteiger partial charge in [-0.3, -0.25) is 0 Å². The largest absolute Gasteiger partial charge is 0.493 e. The second-order valence-electron chi connectivity index (χ2n) is 6.22. The Morgan fingerprint density at radius 1 is 1.24 bits per heavy atom. The monoisotopic (exact) mass is 291 g/mol. The van der Waals surface area contributed by atoms with Crippen molar-refractivity contribution in [1.29, 1.82) is 0 Å². The van der Waals surface area contributed by atoms with Crippen LogP contribution in [0.1, 0.15) is 31.2 Å². The molecule has 2 aliphatic carbocycles. The summed E-state index contributed by atoms with van der Waals surface area (Å²) >= 11 is 0. The van der Waals surface area contributed by atoms with Gasteiger partial charge >= 0.3 is 0 Å². The van der Waals surface area contributed by atoms with Crippen molar-refractivity contribution < 1.29 is 14.6 Å². The first-order valence-corrected chi connectivity index (χ1v) is 7.94. The van der Waals surface area contributed by atoms with Crippen LogP contribution < -0.4 is 14.8 Å². The molecule has 21 heavy (non-hydrogen) atoms. The Kier molecular flexibility index (Phi) is 4.66. The van der Waals surface area contributed by atoms with Gasteiger partial charge in [0.25, 0.3) is 0 Å². The summed E-state index contributed by atoms with van der Waals surface area (Å²) < 4.78 is 10.8. The third-order valence-corrected chi connectivity index (χ3v) is 4.88. The Bertz CT molecular complexity index is 477. The lowest BCUT2D eigenvalue weighted by molar-refractivity contribution is 0.196. The second kappa shape index (κ2) is 6.67. The van der Waals surface area contributed by atoms with E-state index in [1.807, 2.05) is 12.1 Å². The number of aliphatic hydroxyl groups excluding tert-OH is 1. The zero-order valence-electron chi connectivity index (χ0n) is 12.7. The minimum atomic E-state index is 0.0106. The molecule has 0 aliphatic heterocycles. The van der Waals surface area contributed by atoms with Crippen LogP contribution in [0.2, 0.25) is 0 Å². The molecule has 2 aliphatic rings. The summed E-state index contributed by atoms with van der Waals surface area (Å²) in [4.78, 5) is 0. The summed E-state index contributed by atoms with van der Waals surface area (Å²) in [6.45, 7) is 1.18. The van der Waals surface area contributed by atoms with Gasteiger partial charge in [-0.25, -0.2) is 0 Å². The van der Waals surface area contributed by atoms with E-state index in [-0.39, 0.29) is 6.61 Å². The van der Waals surface area contributed by atoms with Gasteiger partial charge in [0.05, 0.1) is 13.7 Å². The normalized spacial score (nSPS) is 27.0. The van der Waals surface area contributed by atoms with Crippen molar-refractivity contribution in [2.45, 2.75) is 38.3 Å². The maximum atomic E-state index is 8.83. The Morgan fingerprint density at radius 2 is 2.14 bits per heavy atom. The van der Waals surface area contributed by atoms with Crippen LogP contribution in [-0.2, 0) is 6.54 Å². The molecule has 3 unspecified atom stereocenters. The number of ether oxygens (including phenoxy) is 2. The van der Waals surface area contributed by atoms with E-state index in [4.69, 9.17) is 14.6 Å². The smallest absolute Gasteiger partial charge is 0.161 e.